The number of anilines is 5. The van der Waals surface area contributed by atoms with Crippen LogP contribution in [0.1, 0.15) is 23.2 Å². The average molecular weight is 523 g/mol. The quantitative estimate of drug-likeness (QED) is 0.397. The van der Waals surface area contributed by atoms with Gasteiger partial charge in [-0.3, -0.25) is 14.7 Å². The van der Waals surface area contributed by atoms with E-state index in [1.165, 1.54) is 29.3 Å². The standard InChI is InChI=1S/C26H28ClFN8O/c1-34(2)14-4-3-12-29-17-8-10-18(11-9-17)32-25-31-16-19-23(33-25)35-15-13-30-26(35)36(24(19)37)22-20(27)6-5-7-21(22)28/h5-11,16,29H,3-4,12-15H2,1-2H3,(H,31,32,33). The lowest BCUT2D eigenvalue weighted by molar-refractivity contribution is 0.0999. The lowest BCUT2D eigenvalue weighted by atomic mass is 10.1. The summed E-state index contributed by atoms with van der Waals surface area (Å²) in [7, 11) is 4.16. The molecule has 0 radical (unpaired) electrons. The molecule has 11 heteroatoms. The highest BCUT2D eigenvalue weighted by Gasteiger charge is 2.41. The molecule has 2 aliphatic rings. The lowest BCUT2D eigenvalue weighted by Crippen LogP contribution is -2.51. The van der Waals surface area contributed by atoms with E-state index in [0.29, 0.717) is 30.8 Å². The molecule has 2 N–H and O–H groups in total. The Labute approximate surface area is 220 Å². The summed E-state index contributed by atoms with van der Waals surface area (Å²) in [6.45, 7) is 2.94. The van der Waals surface area contributed by atoms with Gasteiger partial charge in [0.05, 0.1) is 11.6 Å². The number of hydrogen-bond donors (Lipinski definition) is 2. The Kier molecular flexibility index (Phi) is 7.20. The minimum absolute atomic E-state index is 0.0286. The van der Waals surface area contributed by atoms with Gasteiger partial charge in [-0.25, -0.2) is 14.3 Å². The molecular weight excluding hydrogens is 495 g/mol. The number of aromatic nitrogens is 2. The molecule has 0 atom stereocenters. The van der Waals surface area contributed by atoms with Crippen molar-refractivity contribution in [2.24, 2.45) is 4.99 Å². The number of halogens is 2. The zero-order valence-electron chi connectivity index (χ0n) is 20.7. The fraction of sp³-hybridized carbons (Fsp3) is 0.308. The van der Waals surface area contributed by atoms with Gasteiger partial charge >= 0.3 is 0 Å². The smallest absolute Gasteiger partial charge is 0.270 e. The summed E-state index contributed by atoms with van der Waals surface area (Å²) in [5.74, 6) is -0.00999. The average Bonchev–Trinajstić information content (AvgIpc) is 3.36. The first-order valence-corrected chi connectivity index (χ1v) is 12.5. The Balaban J connectivity index is 1.31. The van der Waals surface area contributed by atoms with E-state index in [2.05, 4.69) is 44.6 Å². The van der Waals surface area contributed by atoms with E-state index < -0.39 is 11.7 Å². The molecule has 0 saturated carbocycles. The van der Waals surface area contributed by atoms with Gasteiger partial charge in [-0.15, -0.1) is 0 Å². The van der Waals surface area contributed by atoms with Crippen LogP contribution in [0.25, 0.3) is 0 Å². The van der Waals surface area contributed by atoms with Crippen molar-refractivity contribution in [3.63, 3.8) is 0 Å². The molecule has 5 rings (SSSR count). The normalized spacial score (nSPS) is 14.5. The molecule has 0 spiro atoms. The van der Waals surface area contributed by atoms with Crippen LogP contribution < -0.4 is 20.4 Å². The summed E-state index contributed by atoms with van der Waals surface area (Å²) >= 11 is 6.27. The first-order valence-electron chi connectivity index (χ1n) is 12.2. The number of rotatable bonds is 9. The van der Waals surface area contributed by atoms with Gasteiger partial charge in [-0.05, 0) is 69.9 Å². The zero-order chi connectivity index (χ0) is 25.9. The van der Waals surface area contributed by atoms with Crippen LogP contribution in [0.15, 0.2) is 53.7 Å². The fourth-order valence-electron chi connectivity index (χ4n) is 4.32. The Morgan fingerprint density at radius 2 is 1.89 bits per heavy atom. The minimum Gasteiger partial charge on any atom is -0.385 e. The second kappa shape index (κ2) is 10.7. The number of hydrogen-bond acceptors (Lipinski definition) is 8. The predicted octanol–water partition coefficient (Wildman–Crippen LogP) is 4.60. The molecule has 1 aromatic heterocycles. The summed E-state index contributed by atoms with van der Waals surface area (Å²) in [5.41, 5.74) is 2.08. The molecule has 0 bridgehead atoms. The van der Waals surface area contributed by atoms with E-state index in [9.17, 15) is 9.18 Å². The summed E-state index contributed by atoms with van der Waals surface area (Å²) in [5, 5.41) is 6.75. The van der Waals surface area contributed by atoms with Gasteiger partial charge in [0.2, 0.25) is 11.9 Å². The maximum atomic E-state index is 14.7. The summed E-state index contributed by atoms with van der Waals surface area (Å²) < 4.78 is 14.7. The number of unbranched alkanes of at least 4 members (excludes halogenated alkanes) is 1. The molecule has 0 aliphatic carbocycles. The first-order chi connectivity index (χ1) is 17.9. The Morgan fingerprint density at radius 3 is 2.65 bits per heavy atom. The van der Waals surface area contributed by atoms with Gasteiger partial charge in [-0.2, -0.15) is 4.98 Å². The molecule has 2 aromatic carbocycles. The van der Waals surface area contributed by atoms with Gasteiger partial charge in [0.15, 0.2) is 5.82 Å². The number of carbonyl (C=O) groups excluding carboxylic acids is 1. The van der Waals surface area contributed by atoms with Crippen molar-refractivity contribution in [1.29, 1.82) is 0 Å². The van der Waals surface area contributed by atoms with Crippen LogP contribution in [0.4, 0.5) is 33.2 Å². The number of nitrogens with one attached hydrogen (secondary N) is 2. The van der Waals surface area contributed by atoms with Crippen LogP contribution >= 0.6 is 11.6 Å². The number of guanidine groups is 1. The number of amides is 1. The minimum atomic E-state index is -0.607. The summed E-state index contributed by atoms with van der Waals surface area (Å²) in [4.78, 5) is 32.0. The molecule has 3 aromatic rings. The van der Waals surface area contributed by atoms with Crippen molar-refractivity contribution in [3.05, 3.63) is 65.1 Å². The molecule has 0 unspecified atom stereocenters. The number of carbonyl (C=O) groups is 1. The molecular formula is C26H28ClFN8O. The zero-order valence-corrected chi connectivity index (χ0v) is 21.5. The van der Waals surface area contributed by atoms with Crippen molar-refractivity contribution < 1.29 is 9.18 Å². The second-order valence-corrected chi connectivity index (χ2v) is 9.52. The van der Waals surface area contributed by atoms with Crippen LogP contribution in [0.2, 0.25) is 5.02 Å². The number of aliphatic imine (C=N–C) groups is 1. The number of benzene rings is 2. The van der Waals surface area contributed by atoms with Crippen LogP contribution in [0.3, 0.4) is 0 Å². The fourth-order valence-corrected chi connectivity index (χ4v) is 4.57. The van der Waals surface area contributed by atoms with Crippen molar-refractivity contribution in [3.8, 4) is 0 Å². The molecule has 0 saturated heterocycles. The highest BCUT2D eigenvalue weighted by Crippen LogP contribution is 2.37. The third-order valence-electron chi connectivity index (χ3n) is 6.14. The van der Waals surface area contributed by atoms with Crippen LogP contribution in [0, 0.1) is 5.82 Å². The van der Waals surface area contributed by atoms with E-state index in [4.69, 9.17) is 11.6 Å². The topological polar surface area (TPSA) is 89.0 Å². The summed E-state index contributed by atoms with van der Waals surface area (Å²) in [6.07, 6.45) is 3.70. The lowest BCUT2D eigenvalue weighted by Gasteiger charge is -2.35. The molecule has 3 heterocycles. The highest BCUT2D eigenvalue weighted by molar-refractivity contribution is 6.38. The van der Waals surface area contributed by atoms with Gasteiger partial charge in [-0.1, -0.05) is 17.7 Å². The van der Waals surface area contributed by atoms with E-state index >= 15 is 0 Å². The van der Waals surface area contributed by atoms with Crippen molar-refractivity contribution >= 4 is 52.3 Å². The maximum absolute atomic E-state index is 14.7. The number of nitrogens with zero attached hydrogens (tertiary/aromatic N) is 6. The van der Waals surface area contributed by atoms with E-state index in [1.54, 1.807) is 4.90 Å². The molecule has 192 valence electrons. The van der Waals surface area contributed by atoms with Crippen molar-refractivity contribution in [2.45, 2.75) is 12.8 Å². The number of para-hydroxylation sites is 1. The monoisotopic (exact) mass is 522 g/mol. The van der Waals surface area contributed by atoms with E-state index in [0.717, 1.165) is 37.3 Å². The largest absolute Gasteiger partial charge is 0.385 e. The SMILES string of the molecule is CN(C)CCCCNc1ccc(Nc2ncc3c(n2)N2CCN=C2N(c2c(F)cccc2Cl)C3=O)cc1. The van der Waals surface area contributed by atoms with Gasteiger partial charge in [0.25, 0.3) is 5.91 Å². The van der Waals surface area contributed by atoms with Crippen LogP contribution in [-0.2, 0) is 0 Å². The second-order valence-electron chi connectivity index (χ2n) is 9.11. The Bertz CT molecular complexity index is 1310. The van der Waals surface area contributed by atoms with Crippen LogP contribution in [-0.4, -0.2) is 67.0 Å². The molecule has 37 heavy (non-hydrogen) atoms. The van der Waals surface area contributed by atoms with E-state index in [1.807, 2.05) is 24.3 Å². The van der Waals surface area contributed by atoms with Crippen LogP contribution in [0.5, 0.6) is 0 Å². The van der Waals surface area contributed by atoms with Gasteiger partial charge in [0.1, 0.15) is 17.1 Å². The van der Waals surface area contributed by atoms with E-state index in [-0.39, 0.29) is 16.3 Å². The van der Waals surface area contributed by atoms with Crippen molar-refractivity contribution in [2.75, 3.05) is 60.7 Å². The predicted molar refractivity (Wildman–Crippen MR) is 146 cm³/mol. The molecule has 0 fully saturated rings. The highest BCUT2D eigenvalue weighted by atomic mass is 35.5. The van der Waals surface area contributed by atoms with Gasteiger partial charge < -0.3 is 15.5 Å². The Hall–Kier alpha value is -3.76. The summed E-state index contributed by atoms with van der Waals surface area (Å²) in [6, 6.07) is 12.2. The molecule has 9 nitrogen and oxygen atoms in total. The third kappa shape index (κ3) is 5.21. The number of fused-ring (bicyclic) bond motifs is 3. The Morgan fingerprint density at radius 1 is 1.11 bits per heavy atom. The molecule has 1 amide bonds. The van der Waals surface area contributed by atoms with Gasteiger partial charge in [0, 0.05) is 30.7 Å². The third-order valence-corrected chi connectivity index (χ3v) is 6.44. The molecule has 2 aliphatic heterocycles. The first kappa shape index (κ1) is 24.9. The van der Waals surface area contributed by atoms with Crippen molar-refractivity contribution in [1.82, 2.24) is 14.9 Å². The maximum Gasteiger partial charge on any atom is 0.270 e.